The third-order valence-corrected chi connectivity index (χ3v) is 4.86. The van der Waals surface area contributed by atoms with E-state index in [2.05, 4.69) is 23.0 Å². The van der Waals surface area contributed by atoms with Gasteiger partial charge in [0.05, 0.1) is 11.8 Å². The van der Waals surface area contributed by atoms with E-state index < -0.39 is 0 Å². The maximum Gasteiger partial charge on any atom is 0.129 e. The Bertz CT molecular complexity index is 455. The van der Waals surface area contributed by atoms with E-state index in [1.54, 1.807) is 0 Å². The van der Waals surface area contributed by atoms with Crippen molar-refractivity contribution in [3.63, 3.8) is 0 Å². The minimum atomic E-state index is 0.169. The molecule has 0 atom stereocenters. The lowest BCUT2D eigenvalue weighted by molar-refractivity contribution is 0.00376. The second-order valence-corrected chi connectivity index (χ2v) is 5.84. The highest BCUT2D eigenvalue weighted by Gasteiger charge is 2.46. The standard InChI is InChI=1S/C14H19ClN2O/c1-17-9-12-11(3-4-13(15)16-12)14(17)7-5-10(18-2)6-8-14/h3-4,10H,5-9H2,1-2H3. The minimum Gasteiger partial charge on any atom is -0.381 e. The molecule has 1 spiro atoms. The molecule has 0 N–H and O–H groups in total. The van der Waals surface area contributed by atoms with Gasteiger partial charge < -0.3 is 4.74 Å². The van der Waals surface area contributed by atoms with Crippen LogP contribution in [0.1, 0.15) is 36.9 Å². The molecular formula is C14H19ClN2O. The number of methoxy groups -OCH3 is 1. The van der Waals surface area contributed by atoms with Crippen molar-refractivity contribution in [3.05, 3.63) is 28.5 Å². The van der Waals surface area contributed by atoms with Gasteiger partial charge in [-0.05, 0) is 44.4 Å². The van der Waals surface area contributed by atoms with Gasteiger partial charge in [-0.1, -0.05) is 17.7 Å². The molecule has 3 nitrogen and oxygen atoms in total. The summed E-state index contributed by atoms with van der Waals surface area (Å²) in [5.74, 6) is 0. The Balaban J connectivity index is 1.94. The van der Waals surface area contributed by atoms with Crippen LogP contribution < -0.4 is 0 Å². The van der Waals surface area contributed by atoms with Crippen LogP contribution in [0.4, 0.5) is 0 Å². The lowest BCUT2D eigenvalue weighted by Gasteiger charge is -2.42. The quantitative estimate of drug-likeness (QED) is 0.731. The molecular weight excluding hydrogens is 248 g/mol. The number of rotatable bonds is 1. The van der Waals surface area contributed by atoms with Crippen molar-refractivity contribution >= 4 is 11.6 Å². The number of aromatic nitrogens is 1. The van der Waals surface area contributed by atoms with E-state index in [9.17, 15) is 0 Å². The van der Waals surface area contributed by atoms with Gasteiger partial charge in [0.1, 0.15) is 5.15 Å². The summed E-state index contributed by atoms with van der Waals surface area (Å²) < 4.78 is 5.48. The lowest BCUT2D eigenvalue weighted by atomic mass is 9.76. The first-order valence-electron chi connectivity index (χ1n) is 6.56. The van der Waals surface area contributed by atoms with Crippen LogP contribution in [-0.2, 0) is 16.8 Å². The molecule has 0 aromatic carbocycles. The number of hydrogen-bond donors (Lipinski definition) is 0. The number of halogens is 1. The van der Waals surface area contributed by atoms with E-state index in [4.69, 9.17) is 16.3 Å². The largest absolute Gasteiger partial charge is 0.381 e. The second-order valence-electron chi connectivity index (χ2n) is 5.45. The molecule has 1 aromatic heterocycles. The Morgan fingerprint density at radius 3 is 2.78 bits per heavy atom. The van der Waals surface area contributed by atoms with Crippen molar-refractivity contribution in [2.24, 2.45) is 0 Å². The first-order chi connectivity index (χ1) is 8.65. The molecule has 2 aliphatic rings. The van der Waals surface area contributed by atoms with Crippen LogP contribution >= 0.6 is 11.6 Å². The first-order valence-corrected chi connectivity index (χ1v) is 6.93. The summed E-state index contributed by atoms with van der Waals surface area (Å²) in [5.41, 5.74) is 2.70. The fraction of sp³-hybridized carbons (Fsp3) is 0.643. The zero-order valence-electron chi connectivity index (χ0n) is 10.9. The number of fused-ring (bicyclic) bond motifs is 2. The summed E-state index contributed by atoms with van der Waals surface area (Å²) in [4.78, 5) is 6.92. The van der Waals surface area contributed by atoms with Crippen LogP contribution in [-0.4, -0.2) is 30.1 Å². The van der Waals surface area contributed by atoms with Gasteiger partial charge in [-0.2, -0.15) is 0 Å². The molecule has 18 heavy (non-hydrogen) atoms. The van der Waals surface area contributed by atoms with Crippen LogP contribution in [0.2, 0.25) is 5.15 Å². The minimum absolute atomic E-state index is 0.169. The summed E-state index contributed by atoms with van der Waals surface area (Å²) in [6.45, 7) is 0.910. The van der Waals surface area contributed by atoms with E-state index in [0.717, 1.165) is 37.9 Å². The van der Waals surface area contributed by atoms with Gasteiger partial charge in [0.15, 0.2) is 0 Å². The summed E-state index contributed by atoms with van der Waals surface area (Å²) in [6.07, 6.45) is 4.98. The average Bonchev–Trinajstić information content (AvgIpc) is 2.63. The number of hydrogen-bond acceptors (Lipinski definition) is 3. The molecule has 1 fully saturated rings. The molecule has 0 bridgehead atoms. The molecule has 0 saturated heterocycles. The molecule has 1 saturated carbocycles. The number of ether oxygens (including phenoxy) is 1. The Morgan fingerprint density at radius 1 is 1.39 bits per heavy atom. The molecule has 98 valence electrons. The van der Waals surface area contributed by atoms with Gasteiger partial charge in [-0.15, -0.1) is 0 Å². The highest BCUT2D eigenvalue weighted by molar-refractivity contribution is 6.29. The van der Waals surface area contributed by atoms with E-state index in [1.807, 2.05) is 13.2 Å². The Labute approximate surface area is 113 Å². The zero-order chi connectivity index (χ0) is 12.8. The Hall–Kier alpha value is -0.640. The summed E-state index contributed by atoms with van der Waals surface area (Å²) in [7, 11) is 4.01. The third-order valence-electron chi connectivity index (χ3n) is 4.65. The van der Waals surface area contributed by atoms with Gasteiger partial charge in [-0.25, -0.2) is 4.98 Å². The van der Waals surface area contributed by atoms with Crippen LogP contribution in [0, 0.1) is 0 Å². The van der Waals surface area contributed by atoms with Crippen LogP contribution in [0.15, 0.2) is 12.1 Å². The van der Waals surface area contributed by atoms with Crippen LogP contribution in [0.3, 0.4) is 0 Å². The topological polar surface area (TPSA) is 25.4 Å². The number of pyridine rings is 1. The molecule has 1 aromatic rings. The fourth-order valence-corrected chi connectivity index (χ4v) is 3.72. The fourth-order valence-electron chi connectivity index (χ4n) is 3.56. The smallest absolute Gasteiger partial charge is 0.129 e. The second kappa shape index (κ2) is 4.48. The van der Waals surface area contributed by atoms with Crippen LogP contribution in [0.5, 0.6) is 0 Å². The molecule has 1 aliphatic heterocycles. The monoisotopic (exact) mass is 266 g/mol. The van der Waals surface area contributed by atoms with Crippen molar-refractivity contribution in [2.75, 3.05) is 14.2 Å². The molecule has 1 aliphatic carbocycles. The summed E-state index contributed by atoms with van der Waals surface area (Å²) >= 11 is 5.99. The van der Waals surface area contributed by atoms with E-state index >= 15 is 0 Å². The van der Waals surface area contributed by atoms with Crippen molar-refractivity contribution in [3.8, 4) is 0 Å². The van der Waals surface area contributed by atoms with Gasteiger partial charge in [0, 0.05) is 19.2 Å². The van der Waals surface area contributed by atoms with Gasteiger partial charge in [-0.3, -0.25) is 4.90 Å². The van der Waals surface area contributed by atoms with Crippen molar-refractivity contribution in [1.82, 2.24) is 9.88 Å². The predicted octanol–water partition coefficient (Wildman–Crippen LogP) is 2.96. The Morgan fingerprint density at radius 2 is 2.11 bits per heavy atom. The Kier molecular flexibility index (Phi) is 3.08. The van der Waals surface area contributed by atoms with E-state index in [1.165, 1.54) is 5.56 Å². The summed E-state index contributed by atoms with van der Waals surface area (Å²) in [6, 6.07) is 4.09. The predicted molar refractivity (Wildman–Crippen MR) is 71.7 cm³/mol. The molecule has 0 unspecified atom stereocenters. The maximum absolute atomic E-state index is 5.99. The molecule has 3 rings (SSSR count). The van der Waals surface area contributed by atoms with E-state index in [-0.39, 0.29) is 5.54 Å². The maximum atomic E-state index is 5.99. The molecule has 0 radical (unpaired) electrons. The summed E-state index contributed by atoms with van der Waals surface area (Å²) in [5, 5.41) is 0.602. The van der Waals surface area contributed by atoms with Crippen molar-refractivity contribution < 1.29 is 4.74 Å². The highest BCUT2D eigenvalue weighted by Crippen LogP contribution is 2.47. The first kappa shape index (κ1) is 12.4. The van der Waals surface area contributed by atoms with Gasteiger partial charge in [0.25, 0.3) is 0 Å². The van der Waals surface area contributed by atoms with Crippen molar-refractivity contribution in [1.29, 1.82) is 0 Å². The average molecular weight is 267 g/mol. The SMILES string of the molecule is COC1CCC2(CC1)c1ccc(Cl)nc1CN2C. The van der Waals surface area contributed by atoms with Gasteiger partial charge in [0.2, 0.25) is 0 Å². The van der Waals surface area contributed by atoms with Crippen LogP contribution in [0.25, 0.3) is 0 Å². The number of nitrogens with zero attached hydrogens (tertiary/aromatic N) is 2. The molecule has 4 heteroatoms. The molecule has 0 amide bonds. The van der Waals surface area contributed by atoms with Crippen molar-refractivity contribution in [2.45, 2.75) is 43.9 Å². The third kappa shape index (κ3) is 1.77. The lowest BCUT2D eigenvalue weighted by Crippen LogP contribution is -2.42. The molecule has 2 heterocycles. The zero-order valence-corrected chi connectivity index (χ0v) is 11.7. The van der Waals surface area contributed by atoms with Gasteiger partial charge >= 0.3 is 0 Å². The normalized spacial score (nSPS) is 31.8. The van der Waals surface area contributed by atoms with E-state index in [0.29, 0.717) is 11.3 Å². The highest BCUT2D eigenvalue weighted by atomic mass is 35.5.